The van der Waals surface area contributed by atoms with Crippen molar-refractivity contribution in [2.45, 2.75) is 44.9 Å². The number of benzene rings is 1. The summed E-state index contributed by atoms with van der Waals surface area (Å²) in [6.45, 7) is 1.48. The first-order chi connectivity index (χ1) is 13.0. The summed E-state index contributed by atoms with van der Waals surface area (Å²) in [6, 6.07) is 4.85. The van der Waals surface area contributed by atoms with Gasteiger partial charge in [-0.1, -0.05) is 24.4 Å². The second-order valence-electron chi connectivity index (χ2n) is 7.37. The van der Waals surface area contributed by atoms with Gasteiger partial charge in [0.15, 0.2) is 0 Å². The molecule has 1 aromatic rings. The average Bonchev–Trinajstić information content (AvgIpc) is 2.68. The van der Waals surface area contributed by atoms with E-state index in [1.807, 2.05) is 4.90 Å². The molecule has 1 heterocycles. The third-order valence-corrected chi connectivity index (χ3v) is 5.84. The highest BCUT2D eigenvalue weighted by Gasteiger charge is 2.35. The van der Waals surface area contributed by atoms with Gasteiger partial charge < -0.3 is 15.3 Å². The van der Waals surface area contributed by atoms with Gasteiger partial charge in [-0.3, -0.25) is 14.4 Å². The molecule has 0 bridgehead atoms. The molecule has 1 aliphatic carbocycles. The SMILES string of the molecule is O=C(O)[C@H]1CCCC[C@H]1C(=O)Nc1ccc(C(=O)N2CCCCC2)c(Cl)c1. The third kappa shape index (κ3) is 4.61. The van der Waals surface area contributed by atoms with E-state index in [-0.39, 0.29) is 11.8 Å². The monoisotopic (exact) mass is 392 g/mol. The lowest BCUT2D eigenvalue weighted by molar-refractivity contribution is -0.147. The predicted octanol–water partition coefficient (Wildman–Crippen LogP) is 3.80. The normalized spacial score (nSPS) is 22.9. The first-order valence-corrected chi connectivity index (χ1v) is 9.97. The Labute approximate surface area is 163 Å². The zero-order valence-corrected chi connectivity index (χ0v) is 16.0. The summed E-state index contributed by atoms with van der Waals surface area (Å²) in [5, 5.41) is 12.4. The number of nitrogens with zero attached hydrogens (tertiary/aromatic N) is 1. The number of hydrogen-bond acceptors (Lipinski definition) is 3. The van der Waals surface area contributed by atoms with E-state index in [1.165, 1.54) is 0 Å². The number of carboxylic acid groups (broad SMARTS) is 1. The molecule has 3 rings (SSSR count). The minimum atomic E-state index is -0.921. The van der Waals surface area contributed by atoms with Crippen molar-refractivity contribution in [3.05, 3.63) is 28.8 Å². The Bertz CT molecular complexity index is 731. The molecule has 2 N–H and O–H groups in total. The van der Waals surface area contributed by atoms with Gasteiger partial charge in [-0.2, -0.15) is 0 Å². The van der Waals surface area contributed by atoms with Gasteiger partial charge in [0.2, 0.25) is 5.91 Å². The van der Waals surface area contributed by atoms with E-state index in [0.29, 0.717) is 29.1 Å². The fraction of sp³-hybridized carbons (Fsp3) is 0.550. The second kappa shape index (κ2) is 8.74. The predicted molar refractivity (Wildman–Crippen MR) is 103 cm³/mol. The van der Waals surface area contributed by atoms with Crippen LogP contribution in [0.1, 0.15) is 55.3 Å². The summed E-state index contributed by atoms with van der Waals surface area (Å²) in [5.41, 5.74) is 0.910. The van der Waals surface area contributed by atoms with E-state index in [9.17, 15) is 19.5 Å². The second-order valence-corrected chi connectivity index (χ2v) is 7.78. The number of nitrogens with one attached hydrogen (secondary N) is 1. The Balaban J connectivity index is 1.69. The van der Waals surface area contributed by atoms with Gasteiger partial charge in [-0.05, 0) is 50.3 Å². The number of amides is 2. The Morgan fingerprint density at radius 2 is 1.67 bits per heavy atom. The zero-order valence-electron chi connectivity index (χ0n) is 15.2. The molecule has 2 amide bonds. The van der Waals surface area contributed by atoms with Crippen molar-refractivity contribution < 1.29 is 19.5 Å². The third-order valence-electron chi connectivity index (χ3n) is 5.53. The van der Waals surface area contributed by atoms with Gasteiger partial charge >= 0.3 is 5.97 Å². The summed E-state index contributed by atoms with van der Waals surface area (Å²) in [4.78, 5) is 38.4. The van der Waals surface area contributed by atoms with Gasteiger partial charge in [0.1, 0.15) is 0 Å². The van der Waals surface area contributed by atoms with Crippen LogP contribution in [-0.2, 0) is 9.59 Å². The maximum atomic E-state index is 12.6. The van der Waals surface area contributed by atoms with Crippen molar-refractivity contribution in [3.63, 3.8) is 0 Å². The number of likely N-dealkylation sites (tertiary alicyclic amines) is 1. The molecule has 0 aromatic heterocycles. The topological polar surface area (TPSA) is 86.7 Å². The molecule has 2 aliphatic rings. The Kier molecular flexibility index (Phi) is 6.37. The van der Waals surface area contributed by atoms with E-state index in [2.05, 4.69) is 5.32 Å². The summed E-state index contributed by atoms with van der Waals surface area (Å²) < 4.78 is 0. The van der Waals surface area contributed by atoms with Gasteiger partial charge in [-0.15, -0.1) is 0 Å². The molecule has 1 aliphatic heterocycles. The van der Waals surface area contributed by atoms with Gasteiger partial charge in [0.25, 0.3) is 5.91 Å². The smallest absolute Gasteiger partial charge is 0.307 e. The number of piperidine rings is 1. The fourth-order valence-electron chi connectivity index (χ4n) is 4.01. The van der Waals surface area contributed by atoms with Crippen LogP contribution in [0.5, 0.6) is 0 Å². The molecule has 0 radical (unpaired) electrons. The number of carboxylic acids is 1. The summed E-state index contributed by atoms with van der Waals surface area (Å²) in [5.74, 6) is -2.49. The molecule has 1 saturated carbocycles. The molecule has 0 unspecified atom stereocenters. The summed E-state index contributed by atoms with van der Waals surface area (Å²) in [7, 11) is 0. The highest BCUT2D eigenvalue weighted by atomic mass is 35.5. The molecule has 2 fully saturated rings. The van der Waals surface area contributed by atoms with Crippen LogP contribution in [0.2, 0.25) is 5.02 Å². The van der Waals surface area contributed by atoms with Crippen LogP contribution in [0.15, 0.2) is 18.2 Å². The molecule has 1 aromatic carbocycles. The lowest BCUT2D eigenvalue weighted by atomic mass is 9.78. The number of halogens is 1. The number of hydrogen-bond donors (Lipinski definition) is 2. The number of rotatable bonds is 4. The molecule has 146 valence electrons. The van der Waals surface area contributed by atoms with Crippen LogP contribution in [0, 0.1) is 11.8 Å². The van der Waals surface area contributed by atoms with Crippen LogP contribution >= 0.6 is 11.6 Å². The molecule has 27 heavy (non-hydrogen) atoms. The Morgan fingerprint density at radius 3 is 2.30 bits per heavy atom. The first kappa shape index (κ1) is 19.7. The number of aliphatic carboxylic acids is 1. The van der Waals surface area contributed by atoms with E-state index in [1.54, 1.807) is 18.2 Å². The van der Waals surface area contributed by atoms with Gasteiger partial charge in [-0.25, -0.2) is 0 Å². The van der Waals surface area contributed by atoms with Crippen molar-refractivity contribution >= 4 is 35.1 Å². The number of anilines is 1. The molecule has 7 heteroatoms. The Morgan fingerprint density at radius 1 is 1.00 bits per heavy atom. The van der Waals surface area contributed by atoms with Gasteiger partial charge in [0.05, 0.1) is 22.4 Å². The van der Waals surface area contributed by atoms with Crippen LogP contribution in [0.4, 0.5) is 5.69 Å². The average molecular weight is 393 g/mol. The van der Waals surface area contributed by atoms with E-state index in [4.69, 9.17) is 11.6 Å². The van der Waals surface area contributed by atoms with Crippen molar-refractivity contribution in [1.82, 2.24) is 4.90 Å². The van der Waals surface area contributed by atoms with E-state index >= 15 is 0 Å². The van der Waals surface area contributed by atoms with Gasteiger partial charge in [0, 0.05) is 18.8 Å². The largest absolute Gasteiger partial charge is 0.481 e. The minimum Gasteiger partial charge on any atom is -0.481 e. The van der Waals surface area contributed by atoms with Crippen LogP contribution in [-0.4, -0.2) is 40.9 Å². The summed E-state index contributed by atoms with van der Waals surface area (Å²) >= 11 is 6.30. The summed E-state index contributed by atoms with van der Waals surface area (Å²) in [6.07, 6.45) is 5.93. The van der Waals surface area contributed by atoms with Crippen molar-refractivity contribution in [1.29, 1.82) is 0 Å². The fourth-order valence-corrected chi connectivity index (χ4v) is 4.27. The maximum absolute atomic E-state index is 12.6. The molecule has 2 atom stereocenters. The van der Waals surface area contributed by atoms with Crippen LogP contribution in [0.3, 0.4) is 0 Å². The van der Waals surface area contributed by atoms with Crippen molar-refractivity contribution in [2.75, 3.05) is 18.4 Å². The lowest BCUT2D eigenvalue weighted by Crippen LogP contribution is -2.36. The minimum absolute atomic E-state index is 0.0872. The molecular formula is C20H25ClN2O4. The highest BCUT2D eigenvalue weighted by molar-refractivity contribution is 6.34. The van der Waals surface area contributed by atoms with Crippen LogP contribution in [0.25, 0.3) is 0 Å². The first-order valence-electron chi connectivity index (χ1n) is 9.60. The molecular weight excluding hydrogens is 368 g/mol. The standard InChI is InChI=1S/C20H25ClN2O4/c21-17-12-13(8-9-16(17)19(25)23-10-4-1-5-11-23)22-18(24)14-6-2-3-7-15(14)20(26)27/h8-9,12,14-15H,1-7,10-11H2,(H,22,24)(H,26,27)/t14-,15+/m1/s1. The number of carbonyl (C=O) groups is 3. The molecule has 6 nitrogen and oxygen atoms in total. The Hall–Kier alpha value is -2.08. The highest BCUT2D eigenvalue weighted by Crippen LogP contribution is 2.32. The van der Waals surface area contributed by atoms with E-state index < -0.39 is 17.8 Å². The van der Waals surface area contributed by atoms with Crippen molar-refractivity contribution in [2.24, 2.45) is 11.8 Å². The number of carbonyl (C=O) groups excluding carboxylic acids is 2. The zero-order chi connectivity index (χ0) is 19.4. The quantitative estimate of drug-likeness (QED) is 0.815. The van der Waals surface area contributed by atoms with Crippen molar-refractivity contribution in [3.8, 4) is 0 Å². The molecule has 0 spiro atoms. The maximum Gasteiger partial charge on any atom is 0.307 e. The molecule has 1 saturated heterocycles. The van der Waals surface area contributed by atoms with Crippen LogP contribution < -0.4 is 5.32 Å². The van der Waals surface area contributed by atoms with E-state index in [0.717, 1.165) is 45.2 Å². The lowest BCUT2D eigenvalue weighted by Gasteiger charge is -2.28.